The highest BCUT2D eigenvalue weighted by Crippen LogP contribution is 2.24. The van der Waals surface area contributed by atoms with Crippen LogP contribution in [0.15, 0.2) is 0 Å². The summed E-state index contributed by atoms with van der Waals surface area (Å²) >= 11 is 0. The topological polar surface area (TPSA) is 129 Å². The summed E-state index contributed by atoms with van der Waals surface area (Å²) in [5, 5.41) is 5.22. The summed E-state index contributed by atoms with van der Waals surface area (Å²) in [6, 6.07) is -1.66. The lowest BCUT2D eigenvalue weighted by Crippen LogP contribution is -2.44. The zero-order chi connectivity index (χ0) is 29.2. The van der Waals surface area contributed by atoms with E-state index in [1.54, 1.807) is 41.5 Å². The molecule has 10 nitrogen and oxygen atoms in total. The van der Waals surface area contributed by atoms with Gasteiger partial charge in [0.2, 0.25) is 0 Å². The largest absolute Gasteiger partial charge is 0.464 e. The first-order valence-electron chi connectivity index (χ1n) is 13.2. The molecule has 0 spiro atoms. The predicted octanol–water partition coefficient (Wildman–Crippen LogP) is 5.62. The minimum Gasteiger partial charge on any atom is -0.464 e. The van der Waals surface area contributed by atoms with Gasteiger partial charge in [-0.1, -0.05) is 48.3 Å². The Morgan fingerprint density at radius 2 is 1.00 bits per heavy atom. The molecule has 0 aromatic heterocycles. The van der Waals surface area contributed by atoms with Crippen molar-refractivity contribution in [2.75, 3.05) is 24.7 Å². The summed E-state index contributed by atoms with van der Waals surface area (Å²) in [5.41, 5.74) is -1.38. The number of hydrogen-bond donors (Lipinski definition) is 2. The van der Waals surface area contributed by atoms with Crippen LogP contribution in [-0.4, -0.2) is 72.1 Å². The molecule has 222 valence electrons. The van der Waals surface area contributed by atoms with Gasteiger partial charge in [-0.3, -0.25) is 0 Å². The standard InChI is InChI=1S/C26H48N2O8S2/c1-9-11-15-33-21(29)19(27-23(31)35-25(3,4)5)13-17-37-38-18-14-20(22(30)34-16-12-10-2)28-24(32)36-26(6,7)8/h19-20H,9-18H2,1-8H3,(H,27,31)(H,28,32)/t19-,20-/m0/s1. The molecule has 0 aromatic carbocycles. The molecule has 12 heteroatoms. The number of hydrogen-bond acceptors (Lipinski definition) is 10. The summed E-state index contributed by atoms with van der Waals surface area (Å²) < 4.78 is 21.1. The molecule has 38 heavy (non-hydrogen) atoms. The van der Waals surface area contributed by atoms with Crippen molar-refractivity contribution >= 4 is 45.7 Å². The number of esters is 2. The van der Waals surface area contributed by atoms with Crippen LogP contribution in [0.1, 0.15) is 93.9 Å². The molecule has 0 radical (unpaired) electrons. The summed E-state index contributed by atoms with van der Waals surface area (Å²) in [6.45, 7) is 15.1. The Labute approximate surface area is 236 Å². The van der Waals surface area contributed by atoms with E-state index in [0.717, 1.165) is 25.7 Å². The molecular weight excluding hydrogens is 532 g/mol. The average molecular weight is 581 g/mol. The molecule has 0 bridgehead atoms. The molecule has 0 saturated carbocycles. The Hall–Kier alpha value is -1.82. The molecule has 0 fully saturated rings. The Bertz CT molecular complexity index is 663. The lowest BCUT2D eigenvalue weighted by Gasteiger charge is -2.23. The maximum absolute atomic E-state index is 12.5. The van der Waals surface area contributed by atoms with E-state index in [9.17, 15) is 19.2 Å². The van der Waals surface area contributed by atoms with Crippen LogP contribution in [-0.2, 0) is 28.5 Å². The number of ether oxygens (including phenoxy) is 4. The summed E-state index contributed by atoms with van der Waals surface area (Å²) in [4.78, 5) is 49.4. The van der Waals surface area contributed by atoms with Crippen molar-refractivity contribution in [3.8, 4) is 0 Å². The van der Waals surface area contributed by atoms with Gasteiger partial charge in [-0.25, -0.2) is 19.2 Å². The van der Waals surface area contributed by atoms with E-state index in [1.165, 1.54) is 21.6 Å². The highest BCUT2D eigenvalue weighted by atomic mass is 33.1. The maximum Gasteiger partial charge on any atom is 0.408 e. The van der Waals surface area contributed by atoms with E-state index < -0.39 is 47.4 Å². The van der Waals surface area contributed by atoms with Crippen molar-refractivity contribution in [2.24, 2.45) is 0 Å². The third-order valence-corrected chi connectivity index (χ3v) is 6.97. The first-order valence-corrected chi connectivity index (χ1v) is 15.7. The SMILES string of the molecule is CCCCOC(=O)[C@H](CCSSCC[C@H](NC(=O)OC(C)(C)C)C(=O)OCCCC)NC(=O)OC(C)(C)C. The summed E-state index contributed by atoms with van der Waals surface area (Å²) in [7, 11) is 2.98. The van der Waals surface area contributed by atoms with E-state index in [4.69, 9.17) is 18.9 Å². The normalized spacial score (nSPS) is 13.2. The monoisotopic (exact) mass is 580 g/mol. The molecule has 2 atom stereocenters. The van der Waals surface area contributed by atoms with Gasteiger partial charge in [-0.2, -0.15) is 0 Å². The Morgan fingerprint density at radius 3 is 1.29 bits per heavy atom. The van der Waals surface area contributed by atoms with E-state index in [-0.39, 0.29) is 0 Å². The number of nitrogens with one attached hydrogen (secondary N) is 2. The number of amides is 2. The minimum absolute atomic E-state index is 0.296. The van der Waals surface area contributed by atoms with Gasteiger partial charge in [0.05, 0.1) is 13.2 Å². The van der Waals surface area contributed by atoms with Gasteiger partial charge < -0.3 is 29.6 Å². The molecule has 0 rings (SSSR count). The first kappa shape index (κ1) is 36.2. The number of carbonyl (C=O) groups excluding carboxylic acids is 4. The van der Waals surface area contributed by atoms with Crippen LogP contribution in [0.5, 0.6) is 0 Å². The van der Waals surface area contributed by atoms with Gasteiger partial charge in [0.15, 0.2) is 0 Å². The lowest BCUT2D eigenvalue weighted by molar-refractivity contribution is -0.147. The van der Waals surface area contributed by atoms with Crippen molar-refractivity contribution in [3.05, 3.63) is 0 Å². The maximum atomic E-state index is 12.5. The Kier molecular flexibility index (Phi) is 18.3. The predicted molar refractivity (Wildman–Crippen MR) is 152 cm³/mol. The summed E-state index contributed by atoms with van der Waals surface area (Å²) in [6.07, 6.45) is 2.61. The zero-order valence-electron chi connectivity index (χ0n) is 24.3. The number of carbonyl (C=O) groups is 4. The molecule has 2 amide bonds. The van der Waals surface area contributed by atoms with Gasteiger partial charge in [-0.15, -0.1) is 0 Å². The summed E-state index contributed by atoms with van der Waals surface area (Å²) in [5.74, 6) is 0.0934. The molecular formula is C26H48N2O8S2. The van der Waals surface area contributed by atoms with Crippen LogP contribution in [0.3, 0.4) is 0 Å². The van der Waals surface area contributed by atoms with Crippen LogP contribution >= 0.6 is 21.6 Å². The molecule has 0 saturated heterocycles. The van der Waals surface area contributed by atoms with E-state index >= 15 is 0 Å². The second-order valence-electron chi connectivity index (χ2n) is 10.7. The third-order valence-electron chi connectivity index (χ3n) is 4.50. The molecule has 0 aromatic rings. The zero-order valence-corrected chi connectivity index (χ0v) is 25.9. The van der Waals surface area contributed by atoms with Gasteiger partial charge in [0.1, 0.15) is 23.3 Å². The van der Waals surface area contributed by atoms with E-state index in [1.807, 2.05) is 13.8 Å². The highest BCUT2D eigenvalue weighted by molar-refractivity contribution is 8.76. The molecule has 2 N–H and O–H groups in total. The van der Waals surface area contributed by atoms with E-state index in [0.29, 0.717) is 37.6 Å². The fraction of sp³-hybridized carbons (Fsp3) is 0.846. The van der Waals surface area contributed by atoms with Gasteiger partial charge >= 0.3 is 24.1 Å². The quantitative estimate of drug-likeness (QED) is 0.0967. The van der Waals surface area contributed by atoms with Crippen molar-refractivity contribution in [2.45, 2.75) is 117 Å². The number of unbranched alkanes of at least 4 members (excludes halogenated alkanes) is 2. The molecule has 0 aliphatic heterocycles. The van der Waals surface area contributed by atoms with Gasteiger partial charge in [0, 0.05) is 11.5 Å². The smallest absolute Gasteiger partial charge is 0.408 e. The second-order valence-corrected chi connectivity index (χ2v) is 13.4. The highest BCUT2D eigenvalue weighted by Gasteiger charge is 2.27. The van der Waals surface area contributed by atoms with E-state index in [2.05, 4.69) is 10.6 Å². The van der Waals surface area contributed by atoms with Crippen LogP contribution in [0.4, 0.5) is 9.59 Å². The van der Waals surface area contributed by atoms with Crippen LogP contribution < -0.4 is 10.6 Å². The molecule has 0 heterocycles. The second kappa shape index (κ2) is 19.3. The number of alkyl carbamates (subject to hydrolysis) is 2. The van der Waals surface area contributed by atoms with Crippen LogP contribution in [0.2, 0.25) is 0 Å². The van der Waals surface area contributed by atoms with Crippen LogP contribution in [0, 0.1) is 0 Å². The molecule has 0 aliphatic carbocycles. The minimum atomic E-state index is -0.829. The van der Waals surface area contributed by atoms with Gasteiger partial charge in [-0.05, 0) is 67.2 Å². The first-order chi connectivity index (χ1) is 17.7. The lowest BCUT2D eigenvalue weighted by atomic mass is 10.2. The van der Waals surface area contributed by atoms with Crippen molar-refractivity contribution in [1.82, 2.24) is 10.6 Å². The average Bonchev–Trinajstić information content (AvgIpc) is 2.77. The van der Waals surface area contributed by atoms with Gasteiger partial charge in [0.25, 0.3) is 0 Å². The Morgan fingerprint density at radius 1 is 0.658 bits per heavy atom. The molecule has 0 aliphatic rings. The van der Waals surface area contributed by atoms with Crippen molar-refractivity contribution < 1.29 is 38.1 Å². The van der Waals surface area contributed by atoms with Crippen molar-refractivity contribution in [1.29, 1.82) is 0 Å². The van der Waals surface area contributed by atoms with Crippen molar-refractivity contribution in [3.63, 3.8) is 0 Å². The number of rotatable bonds is 17. The fourth-order valence-electron chi connectivity index (χ4n) is 2.68. The third kappa shape index (κ3) is 20.2. The fourth-order valence-corrected chi connectivity index (χ4v) is 4.87. The van der Waals surface area contributed by atoms with Crippen LogP contribution in [0.25, 0.3) is 0 Å². The molecule has 0 unspecified atom stereocenters. The Balaban J connectivity index is 4.81.